The molecular formula is C41H41N3O11S. The lowest BCUT2D eigenvalue weighted by atomic mass is 10.0. The van der Waals surface area contributed by atoms with Crippen molar-refractivity contribution in [1.29, 1.82) is 0 Å². The molecule has 6 rings (SSSR count). The molecule has 0 aliphatic carbocycles. The van der Waals surface area contributed by atoms with Gasteiger partial charge in [-0.1, -0.05) is 48.5 Å². The van der Waals surface area contributed by atoms with Crippen LogP contribution < -0.4 is 9.04 Å². The summed E-state index contributed by atoms with van der Waals surface area (Å²) < 4.78 is 52.0. The summed E-state index contributed by atoms with van der Waals surface area (Å²) >= 11 is 0. The van der Waals surface area contributed by atoms with Crippen molar-refractivity contribution in [2.45, 2.75) is 37.5 Å². The summed E-state index contributed by atoms with van der Waals surface area (Å²) in [7, 11) is -4.56. The Kier molecular flexibility index (Phi) is 13.4. The van der Waals surface area contributed by atoms with Gasteiger partial charge in [0, 0.05) is 30.2 Å². The number of carbonyl (C=O) groups excluding carboxylic acids is 4. The SMILES string of the molecule is CCOCCOCCOCCOc1ccc(N(C(=O)c2c3ccccc3nc3ccccc23)S(=O)(=O)c2ccc(CCC(=O)ON3C(=O)CCC3=O)cc2)cc1. The second-order valence-corrected chi connectivity index (χ2v) is 14.3. The van der Waals surface area contributed by atoms with Gasteiger partial charge in [0.25, 0.3) is 27.7 Å². The number of sulfonamides is 1. The number of rotatable bonds is 19. The highest BCUT2D eigenvalue weighted by molar-refractivity contribution is 7.93. The highest BCUT2D eigenvalue weighted by Gasteiger charge is 2.35. The Labute approximate surface area is 323 Å². The van der Waals surface area contributed by atoms with E-state index in [4.69, 9.17) is 28.8 Å². The number of benzene rings is 4. The molecule has 0 N–H and O–H groups in total. The zero-order chi connectivity index (χ0) is 39.5. The highest BCUT2D eigenvalue weighted by atomic mass is 32.2. The molecule has 15 heteroatoms. The van der Waals surface area contributed by atoms with Crippen LogP contribution in [0, 0.1) is 0 Å². The average molecular weight is 784 g/mol. The minimum Gasteiger partial charge on any atom is -0.491 e. The molecule has 56 heavy (non-hydrogen) atoms. The first-order chi connectivity index (χ1) is 27.2. The number of anilines is 1. The lowest BCUT2D eigenvalue weighted by Crippen LogP contribution is -2.37. The van der Waals surface area contributed by atoms with Gasteiger partial charge >= 0.3 is 5.97 Å². The van der Waals surface area contributed by atoms with Gasteiger partial charge in [-0.05, 0) is 67.4 Å². The van der Waals surface area contributed by atoms with Gasteiger partial charge in [0.1, 0.15) is 12.4 Å². The fraction of sp³-hybridized carbons (Fsp3) is 0.293. The molecule has 0 unspecified atom stereocenters. The molecule has 292 valence electrons. The normalized spacial score (nSPS) is 13.1. The predicted octanol–water partition coefficient (Wildman–Crippen LogP) is 5.41. The Morgan fingerprint density at radius 1 is 0.714 bits per heavy atom. The number of fused-ring (bicyclic) bond motifs is 2. The summed E-state index contributed by atoms with van der Waals surface area (Å²) in [6.45, 7) is 4.90. The Hall–Kier alpha value is -5.74. The van der Waals surface area contributed by atoms with Crippen LogP contribution in [0.15, 0.2) is 102 Å². The smallest absolute Gasteiger partial charge is 0.333 e. The van der Waals surface area contributed by atoms with Gasteiger partial charge in [0.15, 0.2) is 0 Å². The second-order valence-electron chi connectivity index (χ2n) is 12.5. The molecule has 14 nitrogen and oxygen atoms in total. The van der Waals surface area contributed by atoms with Gasteiger partial charge in [-0.15, -0.1) is 5.06 Å². The highest BCUT2D eigenvalue weighted by Crippen LogP contribution is 2.33. The van der Waals surface area contributed by atoms with E-state index in [9.17, 15) is 27.6 Å². The predicted molar refractivity (Wildman–Crippen MR) is 205 cm³/mol. The molecule has 1 aromatic heterocycles. The van der Waals surface area contributed by atoms with Crippen molar-refractivity contribution in [3.63, 3.8) is 0 Å². The summed E-state index contributed by atoms with van der Waals surface area (Å²) in [5.74, 6) is -2.29. The molecule has 1 saturated heterocycles. The maximum Gasteiger partial charge on any atom is 0.333 e. The molecule has 1 aliphatic rings. The van der Waals surface area contributed by atoms with Gasteiger partial charge in [0.05, 0.1) is 66.6 Å². The number of ether oxygens (including phenoxy) is 4. The minimum absolute atomic E-state index is 0.0182. The van der Waals surface area contributed by atoms with Gasteiger partial charge in [-0.3, -0.25) is 14.4 Å². The largest absolute Gasteiger partial charge is 0.491 e. The molecule has 0 spiro atoms. The third-order valence-electron chi connectivity index (χ3n) is 8.78. The molecule has 4 aromatic carbocycles. The standard InChI is InChI=1S/C41H41N3O11S/c1-2-51-23-24-52-25-26-53-27-28-54-31-16-14-30(15-17-31)44(41(48)40-33-7-3-5-9-35(33)42-36-10-6-4-8-34(36)40)56(49,50)32-18-11-29(12-19-32)13-22-39(47)55-43-37(45)20-21-38(43)46/h3-12,14-19H,2,13,20-28H2,1H3. The van der Waals surface area contributed by atoms with Crippen LogP contribution in [-0.4, -0.2) is 88.4 Å². The number of pyridine rings is 1. The molecule has 0 radical (unpaired) electrons. The van der Waals surface area contributed by atoms with Crippen LogP contribution in [-0.2, 0) is 49.9 Å². The topological polar surface area (TPSA) is 168 Å². The maximum atomic E-state index is 14.8. The number of hydroxylamine groups is 2. The lowest BCUT2D eigenvalue weighted by Gasteiger charge is -2.24. The quantitative estimate of drug-likeness (QED) is 0.0594. The number of aromatic nitrogens is 1. The number of carbonyl (C=O) groups is 4. The number of amides is 3. The van der Waals surface area contributed by atoms with Crippen LogP contribution in [0.2, 0.25) is 0 Å². The molecule has 0 bridgehead atoms. The van der Waals surface area contributed by atoms with E-state index in [0.717, 1.165) is 4.31 Å². The van der Waals surface area contributed by atoms with Crippen molar-refractivity contribution < 1.29 is 51.4 Å². The number of nitrogens with zero attached hydrogens (tertiary/aromatic N) is 3. The third kappa shape index (κ3) is 9.55. The molecular weight excluding hydrogens is 743 g/mol. The van der Waals surface area contributed by atoms with Crippen LogP contribution >= 0.6 is 0 Å². The van der Waals surface area contributed by atoms with Crippen molar-refractivity contribution in [2.75, 3.05) is 50.6 Å². The average Bonchev–Trinajstić information content (AvgIpc) is 3.52. The fourth-order valence-corrected chi connectivity index (χ4v) is 7.40. The van der Waals surface area contributed by atoms with E-state index in [1.165, 1.54) is 36.4 Å². The van der Waals surface area contributed by atoms with E-state index >= 15 is 0 Å². The lowest BCUT2D eigenvalue weighted by molar-refractivity contribution is -0.197. The van der Waals surface area contributed by atoms with Crippen molar-refractivity contribution in [3.8, 4) is 5.75 Å². The summed E-state index contributed by atoms with van der Waals surface area (Å²) in [4.78, 5) is 60.3. The van der Waals surface area contributed by atoms with Gasteiger partial charge in [-0.25, -0.2) is 18.2 Å². The minimum atomic E-state index is -4.56. The van der Waals surface area contributed by atoms with Crippen molar-refractivity contribution in [3.05, 3.63) is 108 Å². The Balaban J connectivity index is 1.22. The summed E-state index contributed by atoms with van der Waals surface area (Å²) in [5.41, 5.74) is 1.88. The van der Waals surface area contributed by atoms with Crippen LogP contribution in [0.25, 0.3) is 21.8 Å². The number of para-hydroxylation sites is 2. The molecule has 5 aromatic rings. The second kappa shape index (κ2) is 18.7. The van der Waals surface area contributed by atoms with Crippen LogP contribution in [0.1, 0.15) is 42.1 Å². The molecule has 0 atom stereocenters. The molecule has 3 amide bonds. The van der Waals surface area contributed by atoms with Crippen LogP contribution in [0.3, 0.4) is 0 Å². The summed E-state index contributed by atoms with van der Waals surface area (Å²) in [6.07, 6.45) is -0.0625. The first kappa shape index (κ1) is 39.9. The zero-order valence-electron chi connectivity index (χ0n) is 30.8. The summed E-state index contributed by atoms with van der Waals surface area (Å²) in [6, 6.07) is 26.0. The zero-order valence-corrected chi connectivity index (χ0v) is 31.6. The Bertz CT molecular complexity index is 2230. The molecule has 0 saturated carbocycles. The maximum absolute atomic E-state index is 14.8. The number of hydrogen-bond donors (Lipinski definition) is 0. The van der Waals surface area contributed by atoms with Crippen LogP contribution in [0.4, 0.5) is 5.69 Å². The Morgan fingerprint density at radius 3 is 1.86 bits per heavy atom. The van der Waals surface area contributed by atoms with Gasteiger partial charge in [-0.2, -0.15) is 4.31 Å². The summed E-state index contributed by atoms with van der Waals surface area (Å²) in [5, 5.41) is 1.45. The van der Waals surface area contributed by atoms with Crippen molar-refractivity contribution in [1.82, 2.24) is 10.0 Å². The first-order valence-corrected chi connectivity index (χ1v) is 19.6. The number of aryl methyl sites for hydroxylation is 1. The third-order valence-corrected chi connectivity index (χ3v) is 10.5. The number of imide groups is 1. The van der Waals surface area contributed by atoms with Crippen molar-refractivity contribution in [2.24, 2.45) is 0 Å². The number of hydrogen-bond acceptors (Lipinski definition) is 12. The van der Waals surface area contributed by atoms with E-state index in [-0.39, 0.29) is 48.4 Å². The molecule has 2 heterocycles. The monoisotopic (exact) mass is 783 g/mol. The van der Waals surface area contributed by atoms with Gasteiger partial charge in [0.2, 0.25) is 0 Å². The van der Waals surface area contributed by atoms with Crippen molar-refractivity contribution >= 4 is 61.2 Å². The fourth-order valence-electron chi connectivity index (χ4n) is 6.00. The van der Waals surface area contributed by atoms with E-state index in [1.54, 1.807) is 60.7 Å². The van der Waals surface area contributed by atoms with E-state index < -0.39 is 33.7 Å². The first-order valence-electron chi connectivity index (χ1n) is 18.2. The van der Waals surface area contributed by atoms with Gasteiger partial charge < -0.3 is 23.8 Å². The van der Waals surface area contributed by atoms with E-state index in [1.807, 2.05) is 6.92 Å². The van der Waals surface area contributed by atoms with E-state index in [0.29, 0.717) is 77.8 Å². The Morgan fingerprint density at radius 2 is 1.27 bits per heavy atom. The molecule has 1 aliphatic heterocycles. The van der Waals surface area contributed by atoms with Crippen LogP contribution in [0.5, 0.6) is 5.75 Å². The van der Waals surface area contributed by atoms with E-state index in [2.05, 4.69) is 0 Å². The molecule has 1 fully saturated rings.